The zero-order valence-corrected chi connectivity index (χ0v) is 11.8. The van der Waals surface area contributed by atoms with Crippen LogP contribution in [-0.2, 0) is 13.0 Å². The molecule has 4 heteroatoms. The molecule has 1 aromatic heterocycles. The van der Waals surface area contributed by atoms with Crippen molar-refractivity contribution in [1.29, 1.82) is 0 Å². The predicted octanol–water partition coefficient (Wildman–Crippen LogP) is 3.29. The largest absolute Gasteiger partial charge is 0.322 e. The third-order valence-corrected chi connectivity index (χ3v) is 4.35. The highest BCUT2D eigenvalue weighted by molar-refractivity contribution is 6.31. The first kappa shape index (κ1) is 12.7. The third kappa shape index (κ3) is 2.07. The molecule has 0 spiro atoms. The van der Waals surface area contributed by atoms with Gasteiger partial charge in [-0.2, -0.15) is 5.10 Å². The molecule has 3 rings (SSSR count). The summed E-state index contributed by atoms with van der Waals surface area (Å²) in [5, 5.41) is 4.97. The number of benzene rings is 1. The van der Waals surface area contributed by atoms with E-state index in [4.69, 9.17) is 17.3 Å². The average Bonchev–Trinajstić information content (AvgIpc) is 3.01. The van der Waals surface area contributed by atoms with E-state index in [1.807, 2.05) is 4.68 Å². The summed E-state index contributed by atoms with van der Waals surface area (Å²) in [6, 6.07) is 8.48. The minimum absolute atomic E-state index is 0.0846. The van der Waals surface area contributed by atoms with Crippen molar-refractivity contribution >= 4 is 11.6 Å². The second-order valence-electron chi connectivity index (χ2n) is 5.06. The van der Waals surface area contributed by atoms with Crippen molar-refractivity contribution in [3.8, 4) is 0 Å². The monoisotopic (exact) mass is 275 g/mol. The number of nitrogens with two attached hydrogens (primary N) is 1. The van der Waals surface area contributed by atoms with Crippen LogP contribution in [-0.4, -0.2) is 9.78 Å². The van der Waals surface area contributed by atoms with Crippen molar-refractivity contribution in [2.75, 3.05) is 0 Å². The van der Waals surface area contributed by atoms with Crippen LogP contribution in [0.25, 0.3) is 0 Å². The maximum absolute atomic E-state index is 6.49. The molecular weight excluding hydrogens is 258 g/mol. The van der Waals surface area contributed by atoms with Gasteiger partial charge >= 0.3 is 0 Å². The molecule has 2 aromatic rings. The Morgan fingerprint density at radius 1 is 1.47 bits per heavy atom. The molecular formula is C15H18ClN3. The number of hydrogen-bond acceptors (Lipinski definition) is 2. The first-order valence-electron chi connectivity index (χ1n) is 6.77. The van der Waals surface area contributed by atoms with Gasteiger partial charge in [-0.25, -0.2) is 0 Å². The van der Waals surface area contributed by atoms with Gasteiger partial charge < -0.3 is 5.73 Å². The molecule has 2 unspecified atom stereocenters. The first-order valence-corrected chi connectivity index (χ1v) is 7.14. The molecule has 0 bridgehead atoms. The molecule has 0 amide bonds. The fourth-order valence-corrected chi connectivity index (χ4v) is 3.38. The Kier molecular flexibility index (Phi) is 3.33. The third-order valence-electron chi connectivity index (χ3n) is 4.06. The maximum Gasteiger partial charge on any atom is 0.0834 e. The number of aryl methyl sites for hydroxylation is 2. The van der Waals surface area contributed by atoms with Crippen LogP contribution in [0.3, 0.4) is 0 Å². The van der Waals surface area contributed by atoms with Crippen molar-refractivity contribution in [3.05, 3.63) is 52.3 Å². The van der Waals surface area contributed by atoms with Crippen molar-refractivity contribution in [2.24, 2.45) is 5.73 Å². The fraction of sp³-hybridized carbons (Fsp3) is 0.400. The SMILES string of the molecule is CCn1ncc(Cl)c1C(N)C1CCc2ccccc21. The summed E-state index contributed by atoms with van der Waals surface area (Å²) in [6.07, 6.45) is 3.89. The fourth-order valence-electron chi connectivity index (χ4n) is 3.11. The number of aromatic nitrogens is 2. The van der Waals surface area contributed by atoms with Crippen LogP contribution >= 0.6 is 11.6 Å². The van der Waals surface area contributed by atoms with E-state index in [0.29, 0.717) is 10.9 Å². The van der Waals surface area contributed by atoms with E-state index in [9.17, 15) is 0 Å². The molecule has 0 saturated heterocycles. The molecule has 3 nitrogen and oxygen atoms in total. The number of halogens is 1. The Hall–Kier alpha value is -1.32. The molecule has 19 heavy (non-hydrogen) atoms. The smallest absolute Gasteiger partial charge is 0.0834 e. The van der Waals surface area contributed by atoms with Gasteiger partial charge in [0.05, 0.1) is 23.0 Å². The highest BCUT2D eigenvalue weighted by Crippen LogP contribution is 2.41. The number of rotatable bonds is 3. The van der Waals surface area contributed by atoms with Gasteiger partial charge in [0.1, 0.15) is 0 Å². The van der Waals surface area contributed by atoms with Gasteiger partial charge in [0, 0.05) is 12.5 Å². The van der Waals surface area contributed by atoms with Gasteiger partial charge in [-0.15, -0.1) is 0 Å². The van der Waals surface area contributed by atoms with Crippen LogP contribution in [0.4, 0.5) is 0 Å². The van der Waals surface area contributed by atoms with E-state index >= 15 is 0 Å². The summed E-state index contributed by atoms with van der Waals surface area (Å²) >= 11 is 6.26. The highest BCUT2D eigenvalue weighted by atomic mass is 35.5. The van der Waals surface area contributed by atoms with Crippen LogP contribution in [0.2, 0.25) is 5.02 Å². The van der Waals surface area contributed by atoms with Gasteiger partial charge in [0.2, 0.25) is 0 Å². The van der Waals surface area contributed by atoms with E-state index in [2.05, 4.69) is 36.3 Å². The lowest BCUT2D eigenvalue weighted by molar-refractivity contribution is 0.495. The van der Waals surface area contributed by atoms with E-state index in [-0.39, 0.29) is 6.04 Å². The molecule has 2 atom stereocenters. The summed E-state index contributed by atoms with van der Waals surface area (Å²) in [4.78, 5) is 0. The van der Waals surface area contributed by atoms with E-state index in [0.717, 1.165) is 25.1 Å². The van der Waals surface area contributed by atoms with Crippen LogP contribution in [0.15, 0.2) is 30.5 Å². The second-order valence-corrected chi connectivity index (χ2v) is 5.47. The summed E-state index contributed by atoms with van der Waals surface area (Å²) in [5.74, 6) is 0.343. The first-order chi connectivity index (χ1) is 9.22. The van der Waals surface area contributed by atoms with Gasteiger partial charge in [0.15, 0.2) is 0 Å². The lowest BCUT2D eigenvalue weighted by atomic mass is 9.91. The van der Waals surface area contributed by atoms with Crippen LogP contribution in [0.1, 0.15) is 42.1 Å². The van der Waals surface area contributed by atoms with E-state index in [1.165, 1.54) is 11.1 Å². The predicted molar refractivity (Wildman–Crippen MR) is 77.3 cm³/mol. The number of nitrogens with zero attached hydrogens (tertiary/aromatic N) is 2. The highest BCUT2D eigenvalue weighted by Gasteiger charge is 2.31. The normalized spacial score (nSPS) is 19.4. The van der Waals surface area contributed by atoms with E-state index < -0.39 is 0 Å². The lowest BCUT2D eigenvalue weighted by Crippen LogP contribution is -2.22. The zero-order chi connectivity index (χ0) is 13.4. The Morgan fingerprint density at radius 2 is 2.26 bits per heavy atom. The number of hydrogen-bond donors (Lipinski definition) is 1. The average molecular weight is 276 g/mol. The summed E-state index contributed by atoms with van der Waals surface area (Å²) < 4.78 is 1.91. The topological polar surface area (TPSA) is 43.8 Å². The summed E-state index contributed by atoms with van der Waals surface area (Å²) in [7, 11) is 0. The molecule has 1 aliphatic carbocycles. The Bertz CT molecular complexity index is 591. The zero-order valence-electron chi connectivity index (χ0n) is 11.0. The molecule has 100 valence electrons. The quantitative estimate of drug-likeness (QED) is 0.934. The van der Waals surface area contributed by atoms with Gasteiger partial charge in [-0.1, -0.05) is 35.9 Å². The minimum atomic E-state index is -0.0846. The molecule has 1 heterocycles. The van der Waals surface area contributed by atoms with Crippen molar-refractivity contribution in [1.82, 2.24) is 9.78 Å². The maximum atomic E-state index is 6.49. The van der Waals surface area contributed by atoms with Crippen LogP contribution < -0.4 is 5.73 Å². The van der Waals surface area contributed by atoms with Gasteiger partial charge in [-0.05, 0) is 30.9 Å². The Labute approximate surface area is 118 Å². The molecule has 1 aliphatic rings. The molecule has 2 N–H and O–H groups in total. The Morgan fingerprint density at radius 3 is 3.05 bits per heavy atom. The van der Waals surface area contributed by atoms with Crippen molar-refractivity contribution < 1.29 is 0 Å². The van der Waals surface area contributed by atoms with Gasteiger partial charge in [0.25, 0.3) is 0 Å². The van der Waals surface area contributed by atoms with E-state index in [1.54, 1.807) is 6.20 Å². The molecule has 0 radical (unpaired) electrons. The summed E-state index contributed by atoms with van der Waals surface area (Å²) in [6.45, 7) is 2.85. The second kappa shape index (κ2) is 4.99. The molecule has 0 aliphatic heterocycles. The Balaban J connectivity index is 1.97. The standard InChI is InChI=1S/C15H18ClN3/c1-2-19-15(13(16)9-18-19)14(17)12-8-7-10-5-3-4-6-11(10)12/h3-6,9,12,14H,2,7-8,17H2,1H3. The van der Waals surface area contributed by atoms with Crippen LogP contribution in [0, 0.1) is 0 Å². The van der Waals surface area contributed by atoms with Crippen molar-refractivity contribution in [2.45, 2.75) is 38.3 Å². The van der Waals surface area contributed by atoms with Gasteiger partial charge in [-0.3, -0.25) is 4.68 Å². The lowest BCUT2D eigenvalue weighted by Gasteiger charge is -2.21. The summed E-state index contributed by atoms with van der Waals surface area (Å²) in [5.41, 5.74) is 10.2. The molecule has 0 saturated carbocycles. The number of fused-ring (bicyclic) bond motifs is 1. The van der Waals surface area contributed by atoms with Crippen LogP contribution in [0.5, 0.6) is 0 Å². The molecule has 0 fully saturated rings. The van der Waals surface area contributed by atoms with Crippen molar-refractivity contribution in [3.63, 3.8) is 0 Å². The molecule has 1 aromatic carbocycles. The minimum Gasteiger partial charge on any atom is -0.322 e.